The molecule has 1 amide bonds. The fourth-order valence-electron chi connectivity index (χ4n) is 2.59. The predicted octanol–water partition coefficient (Wildman–Crippen LogP) is 3.68. The number of hydrogen-bond donors (Lipinski definition) is 3. The van der Waals surface area contributed by atoms with Crippen LogP contribution in [0.1, 0.15) is 43.0 Å². The first-order chi connectivity index (χ1) is 10.5. The quantitative estimate of drug-likeness (QED) is 0.556. The molecule has 0 aliphatic heterocycles. The molecule has 0 saturated heterocycles. The molecule has 3 N–H and O–H groups in total. The number of carbonyl (C=O) groups is 1. The Hall–Kier alpha value is -1.04. The second kappa shape index (κ2) is 7.99. The van der Waals surface area contributed by atoms with Gasteiger partial charge in [-0.3, -0.25) is 15.6 Å². The second-order valence-corrected chi connectivity index (χ2v) is 6.80. The number of amides is 1. The molecule has 1 aromatic carbocycles. The molecule has 2 atom stereocenters. The first-order valence-electron chi connectivity index (χ1n) is 7.29. The van der Waals surface area contributed by atoms with E-state index in [1.807, 2.05) is 0 Å². The highest BCUT2D eigenvalue weighted by Crippen LogP contribution is 2.23. The molecule has 1 aliphatic rings. The van der Waals surface area contributed by atoms with E-state index in [0.29, 0.717) is 32.7 Å². The van der Waals surface area contributed by atoms with Gasteiger partial charge in [-0.2, -0.15) is 0 Å². The average Bonchev–Trinajstić information content (AvgIpc) is 2.49. The molecule has 0 heterocycles. The van der Waals surface area contributed by atoms with E-state index < -0.39 is 0 Å². The van der Waals surface area contributed by atoms with Gasteiger partial charge in [-0.05, 0) is 49.2 Å². The molecule has 4 nitrogen and oxygen atoms in total. The Morgan fingerprint density at radius 1 is 1.23 bits per heavy atom. The zero-order valence-corrected chi connectivity index (χ0v) is 14.6. The third-order valence-corrected chi connectivity index (χ3v) is 4.68. The van der Waals surface area contributed by atoms with Gasteiger partial charge in [0.2, 0.25) is 0 Å². The molecule has 1 saturated carbocycles. The summed E-state index contributed by atoms with van der Waals surface area (Å²) in [6.45, 7) is 2.21. The third-order valence-electron chi connectivity index (χ3n) is 3.89. The standard InChI is InChI=1S/C15H19Cl2N3OS/c1-9-4-2-3-5-13(9)18-15(22)20-19-14(21)11-8-10(16)6-7-12(11)17/h6-9,13H,2-5H2,1H3,(H,19,21)(H2,18,20,22)/t9-,13-/m0/s1. The third kappa shape index (κ3) is 4.73. The van der Waals surface area contributed by atoms with Gasteiger partial charge in [-0.15, -0.1) is 0 Å². The number of rotatable bonds is 2. The van der Waals surface area contributed by atoms with Crippen molar-refractivity contribution in [2.75, 3.05) is 0 Å². The fraction of sp³-hybridized carbons (Fsp3) is 0.467. The van der Waals surface area contributed by atoms with Gasteiger partial charge in [0.25, 0.3) is 5.91 Å². The molecule has 0 aromatic heterocycles. The zero-order chi connectivity index (χ0) is 16.1. The van der Waals surface area contributed by atoms with Gasteiger partial charge < -0.3 is 5.32 Å². The lowest BCUT2D eigenvalue weighted by Gasteiger charge is -2.30. The summed E-state index contributed by atoms with van der Waals surface area (Å²) in [7, 11) is 0. The summed E-state index contributed by atoms with van der Waals surface area (Å²) in [6.07, 6.45) is 4.76. The van der Waals surface area contributed by atoms with Crippen LogP contribution in [0.4, 0.5) is 0 Å². The summed E-state index contributed by atoms with van der Waals surface area (Å²) in [5.74, 6) is 0.194. The van der Waals surface area contributed by atoms with Crippen molar-refractivity contribution in [1.82, 2.24) is 16.2 Å². The topological polar surface area (TPSA) is 53.2 Å². The Bertz CT molecular complexity index is 568. The largest absolute Gasteiger partial charge is 0.358 e. The van der Waals surface area contributed by atoms with Crippen molar-refractivity contribution in [2.24, 2.45) is 5.92 Å². The van der Waals surface area contributed by atoms with Crippen molar-refractivity contribution in [3.05, 3.63) is 33.8 Å². The molecule has 0 spiro atoms. The van der Waals surface area contributed by atoms with E-state index in [2.05, 4.69) is 23.1 Å². The lowest BCUT2D eigenvalue weighted by atomic mass is 9.86. The first-order valence-corrected chi connectivity index (χ1v) is 8.45. The van der Waals surface area contributed by atoms with Crippen molar-refractivity contribution in [1.29, 1.82) is 0 Å². The lowest BCUT2D eigenvalue weighted by molar-refractivity contribution is 0.0943. The van der Waals surface area contributed by atoms with E-state index in [-0.39, 0.29) is 5.91 Å². The number of hydrogen-bond acceptors (Lipinski definition) is 2. The van der Waals surface area contributed by atoms with Crippen molar-refractivity contribution in [3.63, 3.8) is 0 Å². The van der Waals surface area contributed by atoms with Crippen molar-refractivity contribution in [3.8, 4) is 0 Å². The number of nitrogens with one attached hydrogen (secondary N) is 3. The molecule has 2 rings (SSSR count). The van der Waals surface area contributed by atoms with Crippen LogP contribution in [-0.4, -0.2) is 17.1 Å². The van der Waals surface area contributed by atoms with E-state index in [1.54, 1.807) is 12.1 Å². The van der Waals surface area contributed by atoms with E-state index in [9.17, 15) is 4.79 Å². The number of carbonyl (C=O) groups excluding carboxylic acids is 1. The molecule has 0 bridgehead atoms. The van der Waals surface area contributed by atoms with Crippen LogP contribution >= 0.6 is 35.4 Å². The van der Waals surface area contributed by atoms with Crippen LogP contribution in [0.2, 0.25) is 10.0 Å². The van der Waals surface area contributed by atoms with Crippen LogP contribution in [0, 0.1) is 5.92 Å². The summed E-state index contributed by atoms with van der Waals surface area (Å²) in [4.78, 5) is 12.1. The summed E-state index contributed by atoms with van der Waals surface area (Å²) >= 11 is 17.1. The average molecular weight is 360 g/mol. The minimum absolute atomic E-state index is 0.301. The van der Waals surface area contributed by atoms with Crippen molar-refractivity contribution >= 4 is 46.4 Å². The first kappa shape index (κ1) is 17.3. The van der Waals surface area contributed by atoms with Crippen LogP contribution < -0.4 is 16.2 Å². The molecule has 1 fully saturated rings. The predicted molar refractivity (Wildman–Crippen MR) is 94.2 cm³/mol. The molecule has 1 aliphatic carbocycles. The highest BCUT2D eigenvalue weighted by molar-refractivity contribution is 7.80. The molecule has 0 unspecified atom stereocenters. The summed E-state index contributed by atoms with van der Waals surface area (Å²) in [5.41, 5.74) is 5.55. The van der Waals surface area contributed by atoms with Gasteiger partial charge in [0.15, 0.2) is 5.11 Å². The maximum Gasteiger partial charge on any atom is 0.271 e. The van der Waals surface area contributed by atoms with Crippen molar-refractivity contribution < 1.29 is 4.79 Å². The Kier molecular flexibility index (Phi) is 6.29. The number of hydrazine groups is 1. The molecular weight excluding hydrogens is 341 g/mol. The van der Waals surface area contributed by atoms with Crippen LogP contribution in [0.15, 0.2) is 18.2 Å². The summed E-state index contributed by atoms with van der Waals surface area (Å²) < 4.78 is 0. The van der Waals surface area contributed by atoms with Crippen LogP contribution in [0.5, 0.6) is 0 Å². The van der Waals surface area contributed by atoms with Gasteiger partial charge in [0.1, 0.15) is 0 Å². The Morgan fingerprint density at radius 3 is 2.68 bits per heavy atom. The van der Waals surface area contributed by atoms with E-state index in [1.165, 1.54) is 25.3 Å². The molecule has 22 heavy (non-hydrogen) atoms. The summed E-state index contributed by atoms with van der Waals surface area (Å²) in [6, 6.07) is 5.07. The lowest BCUT2D eigenvalue weighted by Crippen LogP contribution is -2.51. The van der Waals surface area contributed by atoms with Crippen molar-refractivity contribution in [2.45, 2.75) is 38.6 Å². The fourth-order valence-corrected chi connectivity index (χ4v) is 3.17. The maximum absolute atomic E-state index is 12.1. The minimum atomic E-state index is -0.381. The highest BCUT2D eigenvalue weighted by atomic mass is 35.5. The van der Waals surface area contributed by atoms with Gasteiger partial charge in [0.05, 0.1) is 10.6 Å². The van der Waals surface area contributed by atoms with E-state index in [4.69, 9.17) is 35.4 Å². The zero-order valence-electron chi connectivity index (χ0n) is 12.3. The van der Waals surface area contributed by atoms with E-state index >= 15 is 0 Å². The molecule has 120 valence electrons. The van der Waals surface area contributed by atoms with E-state index in [0.717, 1.165) is 6.42 Å². The highest BCUT2D eigenvalue weighted by Gasteiger charge is 2.21. The maximum atomic E-state index is 12.1. The summed E-state index contributed by atoms with van der Waals surface area (Å²) in [5, 5.41) is 4.44. The SMILES string of the molecule is C[C@H]1CCCC[C@@H]1NC(=S)NNC(=O)c1cc(Cl)ccc1Cl. The van der Waals surface area contributed by atoms with Crippen LogP contribution in [-0.2, 0) is 0 Å². The smallest absolute Gasteiger partial charge is 0.271 e. The number of benzene rings is 1. The molecule has 7 heteroatoms. The monoisotopic (exact) mass is 359 g/mol. The number of halogens is 2. The minimum Gasteiger partial charge on any atom is -0.358 e. The Morgan fingerprint density at radius 2 is 1.95 bits per heavy atom. The molecule has 1 aromatic rings. The normalized spacial score (nSPS) is 21.0. The molecular formula is C15H19Cl2N3OS. The van der Waals surface area contributed by atoms with Crippen LogP contribution in [0.3, 0.4) is 0 Å². The van der Waals surface area contributed by atoms with Gasteiger partial charge in [-0.1, -0.05) is 43.0 Å². The number of thiocarbonyl (C=S) groups is 1. The Balaban J connectivity index is 1.85. The second-order valence-electron chi connectivity index (χ2n) is 5.54. The van der Waals surface area contributed by atoms with Gasteiger partial charge >= 0.3 is 0 Å². The molecule has 0 radical (unpaired) electrons. The van der Waals surface area contributed by atoms with Gasteiger partial charge in [-0.25, -0.2) is 0 Å². The Labute approximate surface area is 145 Å². The van der Waals surface area contributed by atoms with Gasteiger partial charge in [0, 0.05) is 11.1 Å². The van der Waals surface area contributed by atoms with Crippen LogP contribution in [0.25, 0.3) is 0 Å².